The summed E-state index contributed by atoms with van der Waals surface area (Å²) in [6.45, 7) is 3.43. The Kier molecular flexibility index (Phi) is 4.04. The minimum atomic E-state index is -3.24. The predicted molar refractivity (Wildman–Crippen MR) is 99.1 cm³/mol. The number of anilines is 1. The molecular weight excluding hydrogens is 334 g/mol. The van der Waals surface area contributed by atoms with Gasteiger partial charge < -0.3 is 0 Å². The van der Waals surface area contributed by atoms with Gasteiger partial charge in [-0.15, -0.1) is 0 Å². The number of aromatic nitrogens is 1. The Morgan fingerprint density at radius 3 is 2.56 bits per heavy atom. The molecule has 0 aliphatic carbocycles. The van der Waals surface area contributed by atoms with Gasteiger partial charge in [0.15, 0.2) is 0 Å². The molecule has 2 aromatic rings. The van der Waals surface area contributed by atoms with Crippen LogP contribution in [0.5, 0.6) is 0 Å². The molecule has 1 spiro atoms. The molecule has 0 saturated carbocycles. The molecule has 4 rings (SSSR count). The second kappa shape index (κ2) is 6.11. The average molecular weight is 357 g/mol. The molecule has 0 unspecified atom stereocenters. The van der Waals surface area contributed by atoms with Crippen LogP contribution in [0.25, 0.3) is 0 Å². The van der Waals surface area contributed by atoms with E-state index in [1.807, 2.05) is 30.5 Å². The lowest BCUT2D eigenvalue weighted by Gasteiger charge is -2.39. The van der Waals surface area contributed by atoms with Crippen molar-refractivity contribution in [3.05, 3.63) is 59.9 Å². The molecule has 0 radical (unpaired) electrons. The number of para-hydroxylation sites is 1. The summed E-state index contributed by atoms with van der Waals surface area (Å²) in [7, 11) is -3.24. The molecule has 0 amide bonds. The van der Waals surface area contributed by atoms with Crippen molar-refractivity contribution in [1.82, 2.24) is 9.88 Å². The van der Waals surface area contributed by atoms with Crippen LogP contribution in [0.3, 0.4) is 0 Å². The van der Waals surface area contributed by atoms with Crippen molar-refractivity contribution in [1.29, 1.82) is 0 Å². The Labute approximate surface area is 149 Å². The topological polar surface area (TPSA) is 53.5 Å². The van der Waals surface area contributed by atoms with Gasteiger partial charge >= 0.3 is 0 Å². The Morgan fingerprint density at radius 1 is 1.12 bits per heavy atom. The van der Waals surface area contributed by atoms with Crippen LogP contribution in [0.1, 0.15) is 24.0 Å². The first-order chi connectivity index (χ1) is 12.0. The molecule has 3 heterocycles. The van der Waals surface area contributed by atoms with Crippen LogP contribution in [-0.2, 0) is 22.0 Å². The SMILES string of the molecule is CS(=O)(=O)N1CC2(CCN(Cc3cccnc3)CC2)c2ccccc21. The lowest BCUT2D eigenvalue weighted by atomic mass is 9.74. The van der Waals surface area contributed by atoms with Gasteiger partial charge in [-0.1, -0.05) is 24.3 Å². The van der Waals surface area contributed by atoms with Crippen LogP contribution < -0.4 is 4.31 Å². The number of fused-ring (bicyclic) bond motifs is 2. The molecule has 1 saturated heterocycles. The van der Waals surface area contributed by atoms with Gasteiger partial charge in [0.05, 0.1) is 11.9 Å². The van der Waals surface area contributed by atoms with Crippen LogP contribution in [0, 0.1) is 0 Å². The van der Waals surface area contributed by atoms with Crippen molar-refractivity contribution in [2.75, 3.05) is 30.2 Å². The largest absolute Gasteiger partial charge is 0.299 e. The monoisotopic (exact) mass is 357 g/mol. The summed E-state index contributed by atoms with van der Waals surface area (Å²) in [6, 6.07) is 12.1. The third-order valence-electron chi connectivity index (χ3n) is 5.53. The summed E-state index contributed by atoms with van der Waals surface area (Å²) in [5.74, 6) is 0. The highest BCUT2D eigenvalue weighted by Gasteiger charge is 2.46. The summed E-state index contributed by atoms with van der Waals surface area (Å²) >= 11 is 0. The second-order valence-corrected chi connectivity index (χ2v) is 9.11. The van der Waals surface area contributed by atoms with E-state index in [0.717, 1.165) is 38.2 Å². The molecule has 5 nitrogen and oxygen atoms in total. The van der Waals surface area contributed by atoms with E-state index in [-0.39, 0.29) is 5.41 Å². The standard InChI is InChI=1S/C19H23N3O2S/c1-25(23,24)22-15-19(17-6-2-3-7-18(17)22)8-11-21(12-9-19)14-16-5-4-10-20-13-16/h2-7,10,13H,8-9,11-12,14-15H2,1H3. The first kappa shape index (κ1) is 16.5. The number of likely N-dealkylation sites (tertiary alicyclic amines) is 1. The molecule has 25 heavy (non-hydrogen) atoms. The van der Waals surface area contributed by atoms with Gasteiger partial charge in [-0.3, -0.25) is 14.2 Å². The minimum absolute atomic E-state index is 0.0505. The molecule has 1 aromatic heterocycles. The second-order valence-electron chi connectivity index (χ2n) is 7.20. The minimum Gasteiger partial charge on any atom is -0.299 e. The first-order valence-corrected chi connectivity index (χ1v) is 10.5. The maximum Gasteiger partial charge on any atom is 0.232 e. The van der Waals surface area contributed by atoms with Crippen LogP contribution in [0.15, 0.2) is 48.8 Å². The van der Waals surface area contributed by atoms with Gasteiger partial charge in [0.25, 0.3) is 0 Å². The number of pyridine rings is 1. The zero-order valence-electron chi connectivity index (χ0n) is 14.4. The molecule has 1 fully saturated rings. The van der Waals surface area contributed by atoms with Crippen LogP contribution in [0.2, 0.25) is 0 Å². The Bertz CT molecular complexity index is 859. The lowest BCUT2D eigenvalue weighted by molar-refractivity contribution is 0.161. The smallest absolute Gasteiger partial charge is 0.232 e. The van der Waals surface area contributed by atoms with E-state index in [4.69, 9.17) is 0 Å². The van der Waals surface area contributed by atoms with Gasteiger partial charge in [-0.2, -0.15) is 0 Å². The number of hydrogen-bond acceptors (Lipinski definition) is 4. The molecule has 0 bridgehead atoms. The van der Waals surface area contributed by atoms with E-state index in [1.165, 1.54) is 17.4 Å². The van der Waals surface area contributed by atoms with E-state index < -0.39 is 10.0 Å². The highest BCUT2D eigenvalue weighted by Crippen LogP contribution is 2.47. The van der Waals surface area contributed by atoms with E-state index in [2.05, 4.69) is 22.0 Å². The molecule has 2 aliphatic rings. The Balaban J connectivity index is 1.55. The maximum absolute atomic E-state index is 12.2. The van der Waals surface area contributed by atoms with Gasteiger partial charge in [-0.25, -0.2) is 8.42 Å². The van der Waals surface area contributed by atoms with Crippen molar-refractivity contribution in [3.8, 4) is 0 Å². The van der Waals surface area contributed by atoms with E-state index in [9.17, 15) is 8.42 Å². The summed E-state index contributed by atoms with van der Waals surface area (Å²) < 4.78 is 26.1. The van der Waals surface area contributed by atoms with Crippen molar-refractivity contribution in [2.45, 2.75) is 24.8 Å². The highest BCUT2D eigenvalue weighted by molar-refractivity contribution is 7.92. The molecular formula is C19H23N3O2S. The molecule has 132 valence electrons. The number of rotatable bonds is 3. The predicted octanol–water partition coefficient (Wildman–Crippen LogP) is 2.39. The van der Waals surface area contributed by atoms with Gasteiger partial charge in [-0.05, 0) is 49.2 Å². The Hall–Kier alpha value is -1.92. The molecule has 2 aliphatic heterocycles. The first-order valence-electron chi connectivity index (χ1n) is 8.66. The number of sulfonamides is 1. The van der Waals surface area contributed by atoms with E-state index in [0.29, 0.717) is 6.54 Å². The van der Waals surface area contributed by atoms with Crippen molar-refractivity contribution >= 4 is 15.7 Å². The summed E-state index contributed by atoms with van der Waals surface area (Å²) in [6.07, 6.45) is 6.98. The summed E-state index contributed by atoms with van der Waals surface area (Å²) in [5.41, 5.74) is 3.24. The van der Waals surface area contributed by atoms with E-state index in [1.54, 1.807) is 10.5 Å². The third-order valence-corrected chi connectivity index (χ3v) is 6.66. The zero-order valence-corrected chi connectivity index (χ0v) is 15.2. The summed E-state index contributed by atoms with van der Waals surface area (Å²) in [4.78, 5) is 6.63. The normalized spacial score (nSPS) is 20.0. The van der Waals surface area contributed by atoms with Gasteiger partial charge in [0.2, 0.25) is 10.0 Å². The molecule has 0 atom stereocenters. The molecule has 6 heteroatoms. The van der Waals surface area contributed by atoms with Gasteiger partial charge in [0.1, 0.15) is 0 Å². The maximum atomic E-state index is 12.2. The fraction of sp³-hybridized carbons (Fsp3) is 0.421. The fourth-order valence-corrected chi connectivity index (χ4v) is 5.20. The lowest BCUT2D eigenvalue weighted by Crippen LogP contribution is -2.45. The number of piperidine rings is 1. The van der Waals surface area contributed by atoms with Crippen molar-refractivity contribution in [2.24, 2.45) is 0 Å². The van der Waals surface area contributed by atoms with Gasteiger partial charge in [0, 0.05) is 30.9 Å². The molecule has 1 aromatic carbocycles. The quantitative estimate of drug-likeness (QED) is 0.846. The van der Waals surface area contributed by atoms with E-state index >= 15 is 0 Å². The third kappa shape index (κ3) is 3.04. The zero-order chi connectivity index (χ0) is 17.5. The Morgan fingerprint density at radius 2 is 1.88 bits per heavy atom. The highest BCUT2D eigenvalue weighted by atomic mass is 32.2. The summed E-state index contributed by atoms with van der Waals surface area (Å²) in [5, 5.41) is 0. The molecule has 0 N–H and O–H groups in total. The van der Waals surface area contributed by atoms with Crippen LogP contribution in [-0.4, -0.2) is 44.2 Å². The number of benzene rings is 1. The fourth-order valence-electron chi connectivity index (χ4n) is 4.20. The van der Waals surface area contributed by atoms with Crippen molar-refractivity contribution < 1.29 is 8.42 Å². The number of hydrogen-bond donors (Lipinski definition) is 0. The van der Waals surface area contributed by atoms with Crippen molar-refractivity contribution in [3.63, 3.8) is 0 Å². The van der Waals surface area contributed by atoms with Crippen LogP contribution in [0.4, 0.5) is 5.69 Å². The van der Waals surface area contributed by atoms with Crippen LogP contribution >= 0.6 is 0 Å². The average Bonchev–Trinajstić information content (AvgIpc) is 2.93. The number of nitrogens with zero attached hydrogens (tertiary/aromatic N) is 3.